The Bertz CT molecular complexity index is 771. The highest BCUT2D eigenvalue weighted by Crippen LogP contribution is 2.45. The van der Waals surface area contributed by atoms with E-state index in [9.17, 15) is 4.79 Å². The molecule has 2 aromatic carbocycles. The van der Waals surface area contributed by atoms with Gasteiger partial charge in [0.2, 0.25) is 0 Å². The van der Waals surface area contributed by atoms with E-state index < -0.39 is 5.54 Å². The van der Waals surface area contributed by atoms with Gasteiger partial charge in [-0.1, -0.05) is 23.7 Å². The minimum Gasteiger partial charge on any atom is -0.497 e. The molecule has 0 N–H and O–H groups in total. The first-order valence-corrected chi connectivity index (χ1v) is 8.46. The average molecular weight is 395 g/mol. The zero-order chi connectivity index (χ0) is 16.8. The van der Waals surface area contributed by atoms with Gasteiger partial charge in [-0.05, 0) is 59.6 Å². The zero-order valence-corrected chi connectivity index (χ0v) is 15.5. The summed E-state index contributed by atoms with van der Waals surface area (Å²) in [5.41, 5.74) is 2.15. The smallest absolute Gasteiger partial charge is 0.255 e. The van der Waals surface area contributed by atoms with Gasteiger partial charge in [0.15, 0.2) is 0 Å². The van der Waals surface area contributed by atoms with Crippen LogP contribution in [0.15, 0.2) is 40.9 Å². The van der Waals surface area contributed by atoms with E-state index in [1.54, 1.807) is 7.11 Å². The van der Waals surface area contributed by atoms with Gasteiger partial charge in [0, 0.05) is 22.1 Å². The lowest BCUT2D eigenvalue weighted by molar-refractivity contribution is 0.0595. The molecule has 3 rings (SSSR count). The van der Waals surface area contributed by atoms with Crippen molar-refractivity contribution in [3.63, 3.8) is 0 Å². The fraction of sp³-hybridized carbons (Fsp3) is 0.278. The summed E-state index contributed by atoms with van der Waals surface area (Å²) in [6.45, 7) is 4.58. The van der Waals surface area contributed by atoms with Crippen LogP contribution < -0.4 is 4.74 Å². The first-order valence-electron chi connectivity index (χ1n) is 7.29. The molecular weight excluding hydrogens is 378 g/mol. The van der Waals surface area contributed by atoms with Gasteiger partial charge in [-0.25, -0.2) is 0 Å². The molecule has 0 spiro atoms. The zero-order valence-electron chi connectivity index (χ0n) is 13.2. The number of halogens is 2. The Morgan fingerprint density at radius 2 is 1.83 bits per heavy atom. The molecule has 1 aliphatic rings. The first kappa shape index (κ1) is 16.3. The molecule has 0 aliphatic carbocycles. The first-order chi connectivity index (χ1) is 10.9. The van der Waals surface area contributed by atoms with Crippen LogP contribution in [0.1, 0.15) is 35.3 Å². The number of rotatable bonds is 3. The molecule has 0 saturated carbocycles. The third kappa shape index (κ3) is 2.64. The second-order valence-corrected chi connectivity index (χ2v) is 7.31. The number of methoxy groups -OCH3 is 1. The van der Waals surface area contributed by atoms with Gasteiger partial charge in [0.05, 0.1) is 17.7 Å². The summed E-state index contributed by atoms with van der Waals surface area (Å²) in [6.07, 6.45) is 0. The Balaban J connectivity index is 1.98. The van der Waals surface area contributed by atoms with Crippen molar-refractivity contribution in [2.75, 3.05) is 7.11 Å². The Labute approximate surface area is 149 Å². The molecule has 2 aromatic rings. The standard InChI is InChI=1S/C18H17BrClNO2/c1-18(2)15-13(8-9-14(19)16(15)20)17(22)21(18)10-11-4-6-12(23-3)7-5-11/h4-9H,10H2,1-3H3. The highest BCUT2D eigenvalue weighted by Gasteiger charge is 2.44. The maximum absolute atomic E-state index is 12.8. The lowest BCUT2D eigenvalue weighted by atomic mass is 9.93. The number of hydrogen-bond donors (Lipinski definition) is 0. The van der Waals surface area contributed by atoms with Crippen LogP contribution >= 0.6 is 27.5 Å². The number of hydrogen-bond acceptors (Lipinski definition) is 2. The Morgan fingerprint density at radius 3 is 2.43 bits per heavy atom. The predicted octanol–water partition coefficient (Wildman–Crippen LogP) is 5.00. The Hall–Kier alpha value is -1.52. The largest absolute Gasteiger partial charge is 0.497 e. The van der Waals surface area contributed by atoms with Crippen LogP contribution in [-0.4, -0.2) is 17.9 Å². The van der Waals surface area contributed by atoms with E-state index in [1.807, 2.05) is 55.1 Å². The SMILES string of the molecule is COc1ccc(CN2C(=O)c3ccc(Br)c(Cl)c3C2(C)C)cc1. The van der Waals surface area contributed by atoms with E-state index >= 15 is 0 Å². The number of carbonyl (C=O) groups excluding carboxylic acids is 1. The van der Waals surface area contributed by atoms with Gasteiger partial charge in [-0.15, -0.1) is 0 Å². The van der Waals surface area contributed by atoms with Crippen molar-refractivity contribution in [1.29, 1.82) is 0 Å². The van der Waals surface area contributed by atoms with Crippen molar-refractivity contribution in [2.45, 2.75) is 25.9 Å². The van der Waals surface area contributed by atoms with Crippen molar-refractivity contribution in [1.82, 2.24) is 4.90 Å². The average Bonchev–Trinajstić information content (AvgIpc) is 2.72. The van der Waals surface area contributed by atoms with Gasteiger partial charge in [-0.3, -0.25) is 4.79 Å². The molecule has 0 aromatic heterocycles. The third-order valence-electron chi connectivity index (χ3n) is 4.36. The van der Waals surface area contributed by atoms with E-state index in [2.05, 4.69) is 15.9 Å². The highest BCUT2D eigenvalue weighted by atomic mass is 79.9. The van der Waals surface area contributed by atoms with Crippen LogP contribution in [0.3, 0.4) is 0 Å². The summed E-state index contributed by atoms with van der Waals surface area (Å²) >= 11 is 9.90. The van der Waals surface area contributed by atoms with E-state index in [4.69, 9.17) is 16.3 Å². The van der Waals surface area contributed by atoms with Gasteiger partial charge >= 0.3 is 0 Å². The Kier molecular flexibility index (Phi) is 4.15. The molecular formula is C18H17BrClNO2. The van der Waals surface area contributed by atoms with Crippen LogP contribution in [0.5, 0.6) is 5.75 Å². The van der Waals surface area contributed by atoms with E-state index in [1.165, 1.54) is 0 Å². The summed E-state index contributed by atoms with van der Waals surface area (Å²) < 4.78 is 5.99. The van der Waals surface area contributed by atoms with Crippen molar-refractivity contribution in [2.24, 2.45) is 0 Å². The molecule has 0 atom stereocenters. The molecule has 0 bridgehead atoms. The second-order valence-electron chi connectivity index (χ2n) is 6.08. The summed E-state index contributed by atoms with van der Waals surface area (Å²) in [5, 5.41) is 0.609. The summed E-state index contributed by atoms with van der Waals surface area (Å²) in [7, 11) is 1.64. The molecule has 1 amide bonds. The van der Waals surface area contributed by atoms with Gasteiger partial charge in [-0.2, -0.15) is 0 Å². The molecule has 1 aliphatic heterocycles. The second kappa shape index (κ2) is 5.84. The minimum absolute atomic E-state index is 0.00946. The van der Waals surface area contributed by atoms with Crippen LogP contribution in [-0.2, 0) is 12.1 Å². The van der Waals surface area contributed by atoms with Crippen molar-refractivity contribution >= 4 is 33.4 Å². The molecule has 3 nitrogen and oxygen atoms in total. The molecule has 0 unspecified atom stereocenters. The molecule has 5 heteroatoms. The maximum Gasteiger partial charge on any atom is 0.255 e. The molecule has 23 heavy (non-hydrogen) atoms. The summed E-state index contributed by atoms with van der Waals surface area (Å²) in [5.74, 6) is 0.811. The fourth-order valence-electron chi connectivity index (χ4n) is 3.04. The number of fused-ring (bicyclic) bond motifs is 1. The predicted molar refractivity (Wildman–Crippen MR) is 95.0 cm³/mol. The van der Waals surface area contributed by atoms with Crippen LogP contribution in [0.4, 0.5) is 0 Å². The van der Waals surface area contributed by atoms with E-state index in [0.717, 1.165) is 21.3 Å². The fourth-order valence-corrected chi connectivity index (χ4v) is 3.77. The number of benzene rings is 2. The Morgan fingerprint density at radius 1 is 1.17 bits per heavy atom. The summed E-state index contributed by atoms with van der Waals surface area (Å²) in [6, 6.07) is 11.4. The minimum atomic E-state index is -0.465. The van der Waals surface area contributed by atoms with Crippen molar-refractivity contribution in [3.05, 3.63) is 62.6 Å². The summed E-state index contributed by atoms with van der Waals surface area (Å²) in [4.78, 5) is 14.7. The number of ether oxygens (including phenoxy) is 1. The molecule has 1 heterocycles. The quantitative estimate of drug-likeness (QED) is 0.733. The number of nitrogens with zero attached hydrogens (tertiary/aromatic N) is 1. The number of amides is 1. The molecule has 0 radical (unpaired) electrons. The van der Waals surface area contributed by atoms with Gasteiger partial charge in [0.25, 0.3) is 5.91 Å². The van der Waals surface area contributed by atoms with Gasteiger partial charge < -0.3 is 9.64 Å². The van der Waals surface area contributed by atoms with E-state index in [-0.39, 0.29) is 5.91 Å². The molecule has 0 fully saturated rings. The van der Waals surface area contributed by atoms with Crippen molar-refractivity contribution < 1.29 is 9.53 Å². The topological polar surface area (TPSA) is 29.5 Å². The van der Waals surface area contributed by atoms with Crippen LogP contribution in [0.25, 0.3) is 0 Å². The number of carbonyl (C=O) groups is 1. The van der Waals surface area contributed by atoms with Crippen LogP contribution in [0, 0.1) is 0 Å². The lowest BCUT2D eigenvalue weighted by Crippen LogP contribution is -2.38. The normalized spacial score (nSPS) is 15.7. The molecule has 0 saturated heterocycles. The highest BCUT2D eigenvalue weighted by molar-refractivity contribution is 9.10. The monoisotopic (exact) mass is 393 g/mol. The third-order valence-corrected chi connectivity index (χ3v) is 5.64. The van der Waals surface area contributed by atoms with Crippen molar-refractivity contribution in [3.8, 4) is 5.75 Å². The van der Waals surface area contributed by atoms with Crippen LogP contribution in [0.2, 0.25) is 5.02 Å². The maximum atomic E-state index is 12.8. The molecule has 120 valence electrons. The lowest BCUT2D eigenvalue weighted by Gasteiger charge is -2.33. The van der Waals surface area contributed by atoms with Gasteiger partial charge in [0.1, 0.15) is 5.75 Å². The van der Waals surface area contributed by atoms with E-state index in [0.29, 0.717) is 17.1 Å².